The van der Waals surface area contributed by atoms with Gasteiger partial charge in [0.15, 0.2) is 12.3 Å². The van der Waals surface area contributed by atoms with Gasteiger partial charge in [-0.15, -0.1) is 13.1 Å². The fourth-order valence-corrected chi connectivity index (χ4v) is 7.01. The fraction of sp³-hybridized carbons (Fsp3) is 0.480. The molecule has 3 heterocycles. The summed E-state index contributed by atoms with van der Waals surface area (Å²) in [4.78, 5) is 9.99. The molecule has 39 heavy (non-hydrogen) atoms. The molecule has 0 atom stereocenters. The number of fused-ring (bicyclic) bond motifs is 1. The molecule has 0 amide bonds. The number of aromatic nitrogens is 4. The Morgan fingerprint density at radius 2 is 2.03 bits per heavy atom. The Morgan fingerprint density at radius 1 is 1.23 bits per heavy atom. The summed E-state index contributed by atoms with van der Waals surface area (Å²) in [5.74, 6) is -0.700. The molecular weight excluding hydrogens is 548 g/mol. The van der Waals surface area contributed by atoms with E-state index >= 15 is 0 Å². The highest BCUT2D eigenvalue weighted by molar-refractivity contribution is 7.92. The molecule has 2 aliphatic rings. The Bertz CT molecular complexity index is 1430. The first kappa shape index (κ1) is 27.9. The summed E-state index contributed by atoms with van der Waals surface area (Å²) < 4.78 is 56.9. The highest BCUT2D eigenvalue weighted by Crippen LogP contribution is 2.39. The minimum atomic E-state index is -4.06. The molecule has 3 aromatic rings. The van der Waals surface area contributed by atoms with Gasteiger partial charge in [0.25, 0.3) is 15.2 Å². The van der Waals surface area contributed by atoms with Crippen LogP contribution in [0.5, 0.6) is 0 Å². The lowest BCUT2D eigenvalue weighted by Crippen LogP contribution is -2.46. The third-order valence-corrected chi connectivity index (χ3v) is 9.53. The van der Waals surface area contributed by atoms with Gasteiger partial charge in [-0.1, -0.05) is 12.1 Å². The smallest absolute Gasteiger partial charge is 0.285 e. The molecule has 1 aromatic carbocycles. The molecule has 14 heteroatoms. The van der Waals surface area contributed by atoms with E-state index in [1.165, 1.54) is 16.6 Å². The Kier molecular flexibility index (Phi) is 8.47. The highest BCUT2D eigenvalue weighted by atomic mass is 32.2. The van der Waals surface area contributed by atoms with Gasteiger partial charge in [0, 0.05) is 50.1 Å². The van der Waals surface area contributed by atoms with Crippen molar-refractivity contribution in [3.8, 4) is 11.1 Å². The van der Waals surface area contributed by atoms with E-state index in [9.17, 15) is 16.7 Å². The molecule has 1 fully saturated rings. The zero-order chi connectivity index (χ0) is 27.6. The third kappa shape index (κ3) is 5.80. The second-order valence-electron chi connectivity index (χ2n) is 9.82. The highest BCUT2D eigenvalue weighted by Gasteiger charge is 2.34. The van der Waals surface area contributed by atoms with Crippen LogP contribution >= 0.6 is 12.3 Å². The summed E-state index contributed by atoms with van der Waals surface area (Å²) in [6.45, 7) is 1.43. The van der Waals surface area contributed by atoms with Gasteiger partial charge in [-0.3, -0.25) is 0 Å². The Hall–Kier alpha value is -2.65. The van der Waals surface area contributed by atoms with E-state index < -0.39 is 21.1 Å². The van der Waals surface area contributed by atoms with Crippen molar-refractivity contribution < 1.29 is 21.8 Å². The molecule has 0 unspecified atom stereocenters. The summed E-state index contributed by atoms with van der Waals surface area (Å²) in [5.41, 5.74) is 3.99. The maximum absolute atomic E-state index is 14.0. The maximum atomic E-state index is 14.0. The quantitative estimate of drug-likeness (QED) is 0.348. The van der Waals surface area contributed by atoms with Crippen molar-refractivity contribution in [2.24, 2.45) is 0 Å². The number of hydrogen-bond acceptors (Lipinski definition) is 9. The molecule has 2 aromatic heterocycles. The van der Waals surface area contributed by atoms with Crippen LogP contribution in [0.2, 0.25) is 0 Å². The van der Waals surface area contributed by atoms with Crippen molar-refractivity contribution >= 4 is 34.0 Å². The molecule has 0 saturated carbocycles. The van der Waals surface area contributed by atoms with Gasteiger partial charge < -0.3 is 15.3 Å². The van der Waals surface area contributed by atoms with Crippen molar-refractivity contribution in [1.82, 2.24) is 28.4 Å². The number of sulfonamides is 1. The van der Waals surface area contributed by atoms with Crippen LogP contribution in [0.25, 0.3) is 11.1 Å². The third-order valence-electron chi connectivity index (χ3n) is 7.47. The van der Waals surface area contributed by atoms with Crippen LogP contribution < -0.4 is 5.32 Å². The summed E-state index contributed by atoms with van der Waals surface area (Å²) >= 11 is -0.252. The van der Waals surface area contributed by atoms with Crippen LogP contribution in [0.1, 0.15) is 36.8 Å². The molecule has 210 valence electrons. The van der Waals surface area contributed by atoms with E-state index in [2.05, 4.69) is 25.3 Å². The molecule has 0 spiro atoms. The van der Waals surface area contributed by atoms with Gasteiger partial charge in [-0.25, -0.2) is 13.4 Å². The number of hydrogen-bond donors (Lipinski definition) is 2. The number of piperidine rings is 1. The molecule has 1 aliphatic heterocycles. The lowest BCUT2D eigenvalue weighted by Gasteiger charge is -2.35. The first-order valence-corrected chi connectivity index (χ1v) is 15.0. The standard InChI is InChI=1S/C25H31F2N7O3S2/c1-32(12-3-15-35)19-9-13-33(14-10-19)39(36,37)25-30-24(34(31-25)38-27)29-23-20-5-2-4-17(20)6-7-21(23)18-8-11-28-22(26)16-18/h6-8,11,16,19,35H,2-5,9-10,12-15H2,1H3,(H,29,30,31). The van der Waals surface area contributed by atoms with Gasteiger partial charge in [0.2, 0.25) is 11.9 Å². The number of nitrogens with zero attached hydrogens (tertiary/aromatic N) is 6. The second kappa shape index (κ2) is 11.8. The molecule has 1 saturated heterocycles. The molecule has 5 rings (SSSR count). The van der Waals surface area contributed by atoms with Crippen molar-refractivity contribution in [3.63, 3.8) is 0 Å². The van der Waals surface area contributed by atoms with Crippen LogP contribution in [0.15, 0.2) is 35.6 Å². The topological polar surface area (TPSA) is 116 Å². The predicted molar refractivity (Wildman–Crippen MR) is 145 cm³/mol. The van der Waals surface area contributed by atoms with E-state index in [1.54, 1.807) is 6.07 Å². The SMILES string of the molecule is CN(CCCO)C1CCN(S(=O)(=O)c2nc(Nc3c(-c4ccnc(F)c4)ccc4c3CCC4)n(SF)n2)CC1. The van der Waals surface area contributed by atoms with Crippen LogP contribution in [0.4, 0.5) is 19.9 Å². The summed E-state index contributed by atoms with van der Waals surface area (Å²) in [6, 6.07) is 7.07. The molecule has 2 N–H and O–H groups in total. The summed E-state index contributed by atoms with van der Waals surface area (Å²) in [5, 5.41) is 15.7. The summed E-state index contributed by atoms with van der Waals surface area (Å²) in [7, 11) is -2.09. The fourth-order valence-electron chi connectivity index (χ4n) is 5.39. The average Bonchev–Trinajstić information content (AvgIpc) is 3.59. The Labute approximate surface area is 230 Å². The zero-order valence-electron chi connectivity index (χ0n) is 21.6. The number of nitrogens with one attached hydrogen (secondary N) is 1. The molecule has 0 radical (unpaired) electrons. The number of benzene rings is 1. The number of aliphatic hydroxyl groups excluding tert-OH is 1. The van der Waals surface area contributed by atoms with E-state index in [4.69, 9.17) is 5.11 Å². The number of aryl methyl sites for hydroxylation is 1. The van der Waals surface area contributed by atoms with Gasteiger partial charge in [0.1, 0.15) is 0 Å². The summed E-state index contributed by atoms with van der Waals surface area (Å²) in [6.07, 6.45) is 5.88. The number of rotatable bonds is 10. The zero-order valence-corrected chi connectivity index (χ0v) is 23.2. The molecule has 1 aliphatic carbocycles. The number of pyridine rings is 1. The number of anilines is 2. The van der Waals surface area contributed by atoms with Crippen molar-refractivity contribution in [1.29, 1.82) is 0 Å². The van der Waals surface area contributed by atoms with Crippen molar-refractivity contribution in [2.45, 2.75) is 49.7 Å². The van der Waals surface area contributed by atoms with Gasteiger partial charge in [-0.05, 0) is 68.3 Å². The monoisotopic (exact) mass is 579 g/mol. The van der Waals surface area contributed by atoms with Crippen LogP contribution in [0, 0.1) is 5.95 Å². The molecule has 0 bridgehead atoms. The van der Waals surface area contributed by atoms with Crippen LogP contribution in [-0.4, -0.2) is 81.2 Å². The van der Waals surface area contributed by atoms with Gasteiger partial charge in [0.05, 0.1) is 5.69 Å². The van der Waals surface area contributed by atoms with E-state index in [0.29, 0.717) is 49.2 Å². The first-order valence-electron chi connectivity index (χ1n) is 12.9. The Balaban J connectivity index is 1.41. The molecular formula is C25H31F2N7O3S2. The predicted octanol–water partition coefficient (Wildman–Crippen LogP) is 3.56. The Morgan fingerprint density at radius 3 is 2.74 bits per heavy atom. The van der Waals surface area contributed by atoms with Crippen molar-refractivity contribution in [3.05, 3.63) is 47.5 Å². The average molecular weight is 580 g/mol. The van der Waals surface area contributed by atoms with Crippen LogP contribution in [-0.2, 0) is 22.9 Å². The number of halogens is 2. The lowest BCUT2D eigenvalue weighted by atomic mass is 9.98. The maximum Gasteiger partial charge on any atom is 0.285 e. The van der Waals surface area contributed by atoms with Gasteiger partial charge >= 0.3 is 0 Å². The minimum Gasteiger partial charge on any atom is -0.396 e. The minimum absolute atomic E-state index is 0.0734. The normalized spacial score (nSPS) is 16.6. The number of aliphatic hydroxyl groups is 1. The largest absolute Gasteiger partial charge is 0.396 e. The van der Waals surface area contributed by atoms with E-state index in [0.717, 1.165) is 41.0 Å². The van der Waals surface area contributed by atoms with E-state index in [1.807, 2.05) is 19.2 Å². The lowest BCUT2D eigenvalue weighted by molar-refractivity contribution is 0.155. The molecule has 10 nitrogen and oxygen atoms in total. The van der Waals surface area contributed by atoms with Gasteiger partial charge in [-0.2, -0.15) is 13.7 Å². The first-order chi connectivity index (χ1) is 18.8. The second-order valence-corrected chi connectivity index (χ2v) is 12.1. The van der Waals surface area contributed by atoms with Crippen molar-refractivity contribution in [2.75, 3.05) is 38.6 Å². The van der Waals surface area contributed by atoms with Crippen LogP contribution in [0.3, 0.4) is 0 Å². The van der Waals surface area contributed by atoms with E-state index in [-0.39, 0.29) is 30.9 Å².